The lowest BCUT2D eigenvalue weighted by Crippen LogP contribution is -2.38. The number of ether oxygens (including phenoxy) is 8. The molecule has 1 aliphatic rings. The third-order valence-corrected chi connectivity index (χ3v) is 8.16. The second-order valence-electron chi connectivity index (χ2n) is 12.1. The average Bonchev–Trinajstić information content (AvgIpc) is 3.62. The maximum atomic E-state index is 11.0. The zero-order valence-corrected chi connectivity index (χ0v) is 29.8. The summed E-state index contributed by atoms with van der Waals surface area (Å²) in [5.41, 5.74) is 7.14. The first-order valence-corrected chi connectivity index (χ1v) is 17.6. The molecule has 54 heavy (non-hydrogen) atoms. The molecule has 4 aromatic rings. The van der Waals surface area contributed by atoms with E-state index in [1.54, 1.807) is 10.9 Å². The van der Waals surface area contributed by atoms with Crippen molar-refractivity contribution in [1.82, 2.24) is 15.0 Å². The molecule has 3 atom stereocenters. The van der Waals surface area contributed by atoms with Crippen LogP contribution in [0.1, 0.15) is 34.6 Å². The number of hydrogen-bond acceptors (Lipinski definition) is 16. The Hall–Kier alpha value is -4.72. The van der Waals surface area contributed by atoms with E-state index in [0.29, 0.717) is 84.9 Å². The highest BCUT2D eigenvalue weighted by molar-refractivity contribution is 5.55. The minimum absolute atomic E-state index is 0.0550. The highest BCUT2D eigenvalue weighted by Gasteiger charge is 2.43. The van der Waals surface area contributed by atoms with Gasteiger partial charge in [-0.25, -0.2) is 4.68 Å². The van der Waals surface area contributed by atoms with E-state index in [1.165, 1.54) is 24.3 Å². The van der Waals surface area contributed by atoms with Crippen molar-refractivity contribution in [2.24, 2.45) is 5.73 Å². The molecule has 3 aromatic carbocycles. The molecule has 5 rings (SSSR count). The number of phenols is 5. The van der Waals surface area contributed by atoms with Crippen molar-refractivity contribution in [3.63, 3.8) is 0 Å². The van der Waals surface area contributed by atoms with Crippen LogP contribution in [-0.4, -0.2) is 119 Å². The van der Waals surface area contributed by atoms with Crippen LogP contribution in [0.5, 0.6) is 34.5 Å². The second-order valence-corrected chi connectivity index (χ2v) is 12.1. The van der Waals surface area contributed by atoms with Gasteiger partial charge in [-0.1, -0.05) is 35.5 Å². The van der Waals surface area contributed by atoms with Crippen LogP contribution in [0.25, 0.3) is 0 Å². The molecule has 0 aliphatic carbocycles. The Kier molecular flexibility index (Phi) is 15.9. The molecule has 17 nitrogen and oxygen atoms in total. The minimum Gasteiger partial charge on any atom is -0.508 e. The van der Waals surface area contributed by atoms with Crippen LogP contribution >= 0.6 is 0 Å². The Morgan fingerprint density at radius 1 is 0.685 bits per heavy atom. The maximum Gasteiger partial charge on any atom is 0.200 e. The third kappa shape index (κ3) is 11.9. The summed E-state index contributed by atoms with van der Waals surface area (Å²) in [5, 5.41) is 60.4. The van der Waals surface area contributed by atoms with Gasteiger partial charge in [-0.2, -0.15) is 0 Å². The number of aromatic hydroxyl groups is 5. The molecule has 0 radical (unpaired) electrons. The van der Waals surface area contributed by atoms with Crippen molar-refractivity contribution in [2.75, 3.05) is 72.6 Å². The van der Waals surface area contributed by atoms with Gasteiger partial charge >= 0.3 is 0 Å². The zero-order chi connectivity index (χ0) is 38.1. The topological polar surface area (TPSA) is 232 Å². The Labute approximate surface area is 312 Å². The summed E-state index contributed by atoms with van der Waals surface area (Å²) in [6, 6.07) is 14.3. The minimum atomic E-state index is -1.04. The van der Waals surface area contributed by atoms with E-state index < -0.39 is 35.6 Å². The van der Waals surface area contributed by atoms with Gasteiger partial charge in [-0.3, -0.25) is 0 Å². The van der Waals surface area contributed by atoms with Crippen LogP contribution in [0.4, 0.5) is 0 Å². The standard InChI is InChI=1S/C37H48N4O13/c38-6-8-47-10-12-49-14-16-51-17-15-50-13-11-48-9-7-41-22-27(39-40-41)24-53-36-33-29(43)20-28(42)21-32(33)54-35(26-18-30(44)34(46)31(45)19-26)37(36)52-23-25-4-2-1-3-5-25/h1-5,18-22,35-37,42-46H,6-17,23-24,38H2. The smallest absolute Gasteiger partial charge is 0.200 e. The summed E-state index contributed by atoms with van der Waals surface area (Å²) >= 11 is 0. The van der Waals surface area contributed by atoms with Crippen LogP contribution in [0.3, 0.4) is 0 Å². The highest BCUT2D eigenvalue weighted by atomic mass is 16.6. The molecule has 0 amide bonds. The van der Waals surface area contributed by atoms with Gasteiger partial charge in [0.05, 0.1) is 97.6 Å². The SMILES string of the molecule is NCCOCCOCCOCCOCCOCCn1cc(COC2c3c(O)cc(O)cc3OC(c3cc(O)c(O)c(O)c3)C2OCc2ccccc2)nn1. The van der Waals surface area contributed by atoms with Crippen LogP contribution < -0.4 is 10.5 Å². The Bertz CT molecular complexity index is 1690. The summed E-state index contributed by atoms with van der Waals surface area (Å²) in [4.78, 5) is 0. The van der Waals surface area contributed by atoms with Crippen molar-refractivity contribution in [2.45, 2.75) is 38.1 Å². The number of aromatic nitrogens is 3. The number of benzene rings is 3. The van der Waals surface area contributed by atoms with Gasteiger partial charge in [0, 0.05) is 24.2 Å². The van der Waals surface area contributed by atoms with Gasteiger partial charge < -0.3 is 69.2 Å². The van der Waals surface area contributed by atoms with E-state index >= 15 is 0 Å². The monoisotopic (exact) mass is 756 g/mol. The molecule has 0 saturated carbocycles. The van der Waals surface area contributed by atoms with Gasteiger partial charge in [0.2, 0.25) is 0 Å². The average molecular weight is 757 g/mol. The first kappa shape index (κ1) is 40.5. The zero-order valence-electron chi connectivity index (χ0n) is 29.8. The van der Waals surface area contributed by atoms with Crippen molar-refractivity contribution in [3.8, 4) is 34.5 Å². The van der Waals surface area contributed by atoms with Crippen molar-refractivity contribution >= 4 is 0 Å². The van der Waals surface area contributed by atoms with Crippen molar-refractivity contribution in [1.29, 1.82) is 0 Å². The number of phenolic OH excluding ortho intramolecular Hbond substituents is 5. The van der Waals surface area contributed by atoms with Gasteiger partial charge in [-0.15, -0.1) is 5.10 Å². The molecule has 3 unspecified atom stereocenters. The number of fused-ring (bicyclic) bond motifs is 1. The molecule has 0 fully saturated rings. The molecular weight excluding hydrogens is 708 g/mol. The molecule has 294 valence electrons. The predicted octanol–water partition coefficient (Wildman–Crippen LogP) is 2.82. The molecule has 17 heteroatoms. The van der Waals surface area contributed by atoms with Crippen molar-refractivity contribution in [3.05, 3.63) is 83.2 Å². The molecular formula is C37H48N4O13. The first-order chi connectivity index (χ1) is 26.3. The fraction of sp³-hybridized carbons (Fsp3) is 0.459. The highest BCUT2D eigenvalue weighted by Crippen LogP contribution is 2.51. The van der Waals surface area contributed by atoms with E-state index in [2.05, 4.69) is 10.3 Å². The number of rotatable bonds is 24. The van der Waals surface area contributed by atoms with E-state index in [9.17, 15) is 25.5 Å². The normalized spacial score (nSPS) is 16.6. The van der Waals surface area contributed by atoms with Gasteiger partial charge in [0.15, 0.2) is 23.4 Å². The Morgan fingerprint density at radius 2 is 1.30 bits per heavy atom. The summed E-state index contributed by atoms with van der Waals surface area (Å²) in [7, 11) is 0. The summed E-state index contributed by atoms with van der Waals surface area (Å²) in [6.07, 6.45) is -1.30. The third-order valence-electron chi connectivity index (χ3n) is 8.16. The number of nitrogens with zero attached hydrogens (tertiary/aromatic N) is 3. The first-order valence-electron chi connectivity index (χ1n) is 17.6. The largest absolute Gasteiger partial charge is 0.508 e. The summed E-state index contributed by atoms with van der Waals surface area (Å²) in [6.45, 7) is 5.50. The lowest BCUT2D eigenvalue weighted by molar-refractivity contribution is -0.144. The summed E-state index contributed by atoms with van der Waals surface area (Å²) in [5.74, 6) is -2.29. The molecule has 1 aliphatic heterocycles. The molecule has 1 aromatic heterocycles. The maximum absolute atomic E-state index is 11.0. The number of hydrogen-bond donors (Lipinski definition) is 6. The fourth-order valence-corrected chi connectivity index (χ4v) is 5.59. The lowest BCUT2D eigenvalue weighted by atomic mass is 9.90. The molecule has 0 bridgehead atoms. The van der Waals surface area contributed by atoms with Crippen LogP contribution in [0.2, 0.25) is 0 Å². The Morgan fingerprint density at radius 3 is 1.93 bits per heavy atom. The predicted molar refractivity (Wildman–Crippen MR) is 190 cm³/mol. The molecule has 7 N–H and O–H groups in total. The van der Waals surface area contributed by atoms with Crippen LogP contribution in [0.15, 0.2) is 60.8 Å². The van der Waals surface area contributed by atoms with Gasteiger partial charge in [0.25, 0.3) is 0 Å². The second kappa shape index (κ2) is 21.2. The van der Waals surface area contributed by atoms with Crippen LogP contribution in [0, 0.1) is 0 Å². The van der Waals surface area contributed by atoms with E-state index in [1.807, 2.05) is 30.3 Å². The van der Waals surface area contributed by atoms with Crippen molar-refractivity contribution < 1.29 is 63.4 Å². The van der Waals surface area contributed by atoms with Gasteiger partial charge in [0.1, 0.15) is 35.2 Å². The molecule has 0 saturated heterocycles. The quantitative estimate of drug-likeness (QED) is 0.0446. The number of nitrogens with two attached hydrogens (primary N) is 1. The molecule has 0 spiro atoms. The van der Waals surface area contributed by atoms with E-state index in [-0.39, 0.29) is 41.6 Å². The Balaban J connectivity index is 1.14. The fourth-order valence-electron chi connectivity index (χ4n) is 5.59. The van der Waals surface area contributed by atoms with E-state index in [4.69, 9.17) is 43.6 Å². The van der Waals surface area contributed by atoms with E-state index in [0.717, 1.165) is 5.56 Å². The summed E-state index contributed by atoms with van der Waals surface area (Å²) < 4.78 is 47.9. The molecule has 2 heterocycles. The van der Waals surface area contributed by atoms with Crippen LogP contribution in [-0.2, 0) is 52.9 Å². The van der Waals surface area contributed by atoms with Gasteiger partial charge in [-0.05, 0) is 17.7 Å². The lowest BCUT2D eigenvalue weighted by Gasteiger charge is -2.39.